The Balaban J connectivity index is 2.36. The van der Waals surface area contributed by atoms with Gasteiger partial charge in [-0.1, -0.05) is 6.58 Å². The lowest BCUT2D eigenvalue weighted by atomic mass is 10.0. The molecule has 1 aliphatic heterocycles. The van der Waals surface area contributed by atoms with Crippen LogP contribution in [-0.4, -0.2) is 25.4 Å². The number of fused-ring (bicyclic) bond motifs is 2. The number of methoxy groups -OCH3 is 2. The molecule has 1 atom stereocenters. The number of benzene rings is 1. The second-order valence-corrected chi connectivity index (χ2v) is 5.24. The van der Waals surface area contributed by atoms with Crippen LogP contribution in [0.25, 0.3) is 11.0 Å². The SMILES string of the molecule is C=C(C)[C@@H]1Cc2c(c(OC)c3oc(C)c(O)c3c2OC)O1. The first kappa shape index (κ1) is 13.7. The zero-order valence-electron chi connectivity index (χ0n) is 12.6. The molecule has 5 nitrogen and oxygen atoms in total. The Morgan fingerprint density at radius 3 is 2.52 bits per heavy atom. The van der Waals surface area contributed by atoms with E-state index < -0.39 is 0 Å². The van der Waals surface area contributed by atoms with Crippen LogP contribution in [0.2, 0.25) is 0 Å². The van der Waals surface area contributed by atoms with Crippen LogP contribution in [0.3, 0.4) is 0 Å². The summed E-state index contributed by atoms with van der Waals surface area (Å²) in [5.74, 6) is 2.14. The van der Waals surface area contributed by atoms with Crippen LogP contribution < -0.4 is 14.2 Å². The third-order valence-electron chi connectivity index (χ3n) is 3.85. The standard InChI is InChI=1S/C16H18O5/c1-7(2)10-6-9-13(18-4)11-12(17)8(3)20-15(11)16(19-5)14(9)21-10/h10,17H,1,6H2,2-5H3/t10-/m0/s1. The second-order valence-electron chi connectivity index (χ2n) is 5.24. The Morgan fingerprint density at radius 2 is 1.95 bits per heavy atom. The zero-order chi connectivity index (χ0) is 15.3. The molecular formula is C16H18O5. The van der Waals surface area contributed by atoms with Crippen LogP contribution in [0.1, 0.15) is 18.2 Å². The van der Waals surface area contributed by atoms with Crippen molar-refractivity contribution in [3.05, 3.63) is 23.5 Å². The molecule has 0 spiro atoms. The fraction of sp³-hybridized carbons (Fsp3) is 0.375. The van der Waals surface area contributed by atoms with Gasteiger partial charge in [0.15, 0.2) is 17.1 Å². The third-order valence-corrected chi connectivity index (χ3v) is 3.85. The predicted octanol–water partition coefficient (Wildman–Crippen LogP) is 3.34. The first-order chi connectivity index (χ1) is 9.99. The summed E-state index contributed by atoms with van der Waals surface area (Å²) >= 11 is 0. The molecule has 0 unspecified atom stereocenters. The van der Waals surface area contributed by atoms with E-state index in [1.807, 2.05) is 6.92 Å². The van der Waals surface area contributed by atoms with E-state index in [0.29, 0.717) is 40.4 Å². The maximum absolute atomic E-state index is 10.2. The van der Waals surface area contributed by atoms with Gasteiger partial charge in [0.2, 0.25) is 5.75 Å². The minimum Gasteiger partial charge on any atom is -0.504 e. The van der Waals surface area contributed by atoms with Crippen LogP contribution in [0.5, 0.6) is 23.0 Å². The van der Waals surface area contributed by atoms with E-state index in [4.69, 9.17) is 18.6 Å². The predicted molar refractivity (Wildman–Crippen MR) is 78.7 cm³/mol. The lowest BCUT2D eigenvalue weighted by Gasteiger charge is -2.12. The molecule has 1 aliphatic rings. The number of furan rings is 1. The summed E-state index contributed by atoms with van der Waals surface area (Å²) in [6, 6.07) is 0. The van der Waals surface area contributed by atoms with Crippen LogP contribution in [-0.2, 0) is 6.42 Å². The van der Waals surface area contributed by atoms with Crippen molar-refractivity contribution < 1.29 is 23.7 Å². The number of aryl methyl sites for hydroxylation is 1. The molecule has 0 aliphatic carbocycles. The van der Waals surface area contributed by atoms with Crippen LogP contribution in [0.15, 0.2) is 16.6 Å². The highest BCUT2D eigenvalue weighted by molar-refractivity contribution is 5.99. The number of ether oxygens (including phenoxy) is 3. The molecule has 1 aromatic carbocycles. The van der Waals surface area contributed by atoms with E-state index in [1.165, 1.54) is 0 Å². The van der Waals surface area contributed by atoms with Crippen molar-refractivity contribution in [1.29, 1.82) is 0 Å². The molecular weight excluding hydrogens is 272 g/mol. The molecule has 1 aromatic heterocycles. The van der Waals surface area contributed by atoms with Gasteiger partial charge in [0, 0.05) is 12.0 Å². The molecule has 2 heterocycles. The fourth-order valence-electron chi connectivity index (χ4n) is 2.77. The molecule has 3 rings (SSSR count). The van der Waals surface area contributed by atoms with Gasteiger partial charge in [-0.05, 0) is 19.4 Å². The number of hydrogen-bond acceptors (Lipinski definition) is 5. The molecule has 5 heteroatoms. The Labute approximate surface area is 122 Å². The van der Waals surface area contributed by atoms with E-state index in [2.05, 4.69) is 6.58 Å². The van der Waals surface area contributed by atoms with Crippen molar-refractivity contribution in [2.75, 3.05) is 14.2 Å². The highest BCUT2D eigenvalue weighted by atomic mass is 16.5. The van der Waals surface area contributed by atoms with E-state index in [9.17, 15) is 5.11 Å². The van der Waals surface area contributed by atoms with Gasteiger partial charge in [0.05, 0.1) is 14.2 Å². The van der Waals surface area contributed by atoms with Crippen molar-refractivity contribution in [1.82, 2.24) is 0 Å². The van der Waals surface area contributed by atoms with Crippen molar-refractivity contribution in [3.63, 3.8) is 0 Å². The molecule has 0 fully saturated rings. The Bertz CT molecular complexity index is 741. The molecule has 0 amide bonds. The maximum Gasteiger partial charge on any atom is 0.205 e. The lowest BCUT2D eigenvalue weighted by Crippen LogP contribution is -2.13. The monoisotopic (exact) mass is 290 g/mol. The summed E-state index contributed by atoms with van der Waals surface area (Å²) < 4.78 is 22.5. The Morgan fingerprint density at radius 1 is 1.29 bits per heavy atom. The van der Waals surface area contributed by atoms with Gasteiger partial charge in [-0.3, -0.25) is 0 Å². The quantitative estimate of drug-likeness (QED) is 0.878. The molecule has 0 saturated heterocycles. The minimum atomic E-state index is -0.127. The fourth-order valence-corrected chi connectivity index (χ4v) is 2.77. The summed E-state index contributed by atoms with van der Waals surface area (Å²) in [6.07, 6.45) is 0.502. The molecule has 0 bridgehead atoms. The summed E-state index contributed by atoms with van der Waals surface area (Å²) in [5, 5.41) is 10.8. The van der Waals surface area contributed by atoms with E-state index in [1.54, 1.807) is 21.1 Å². The maximum atomic E-state index is 10.2. The number of hydrogen-bond donors (Lipinski definition) is 1. The number of aromatic hydroxyl groups is 1. The second kappa shape index (κ2) is 4.62. The first-order valence-corrected chi connectivity index (χ1v) is 6.70. The van der Waals surface area contributed by atoms with E-state index in [-0.39, 0.29) is 11.9 Å². The smallest absolute Gasteiger partial charge is 0.205 e. The Hall–Kier alpha value is -2.30. The van der Waals surface area contributed by atoms with Crippen molar-refractivity contribution in [2.24, 2.45) is 0 Å². The highest BCUT2D eigenvalue weighted by Gasteiger charge is 2.35. The van der Waals surface area contributed by atoms with Gasteiger partial charge in [0.1, 0.15) is 23.0 Å². The summed E-state index contributed by atoms with van der Waals surface area (Å²) in [6.45, 7) is 7.55. The average Bonchev–Trinajstić information content (AvgIpc) is 3.00. The zero-order valence-corrected chi connectivity index (χ0v) is 12.6. The van der Waals surface area contributed by atoms with Crippen molar-refractivity contribution in [2.45, 2.75) is 26.4 Å². The number of rotatable bonds is 3. The van der Waals surface area contributed by atoms with Gasteiger partial charge < -0.3 is 23.7 Å². The van der Waals surface area contributed by atoms with Gasteiger partial charge in [-0.2, -0.15) is 0 Å². The van der Waals surface area contributed by atoms with E-state index in [0.717, 1.165) is 11.1 Å². The molecule has 112 valence electrons. The molecule has 0 radical (unpaired) electrons. The molecule has 2 aromatic rings. The van der Waals surface area contributed by atoms with Crippen LogP contribution in [0, 0.1) is 6.92 Å². The van der Waals surface area contributed by atoms with Crippen LogP contribution >= 0.6 is 0 Å². The topological polar surface area (TPSA) is 61.1 Å². The van der Waals surface area contributed by atoms with Crippen LogP contribution in [0.4, 0.5) is 0 Å². The van der Waals surface area contributed by atoms with E-state index >= 15 is 0 Å². The van der Waals surface area contributed by atoms with Gasteiger partial charge in [-0.15, -0.1) is 0 Å². The minimum absolute atomic E-state index is 0.0710. The summed E-state index contributed by atoms with van der Waals surface area (Å²) in [4.78, 5) is 0. The van der Waals surface area contributed by atoms with Crippen molar-refractivity contribution >= 4 is 11.0 Å². The summed E-state index contributed by atoms with van der Waals surface area (Å²) in [5.41, 5.74) is 2.23. The normalized spacial score (nSPS) is 16.7. The van der Waals surface area contributed by atoms with Crippen molar-refractivity contribution in [3.8, 4) is 23.0 Å². The molecule has 1 N–H and O–H groups in total. The summed E-state index contributed by atoms with van der Waals surface area (Å²) in [7, 11) is 3.12. The first-order valence-electron chi connectivity index (χ1n) is 6.70. The molecule has 21 heavy (non-hydrogen) atoms. The molecule has 0 saturated carbocycles. The van der Waals surface area contributed by atoms with Gasteiger partial charge in [-0.25, -0.2) is 0 Å². The lowest BCUT2D eigenvalue weighted by molar-refractivity contribution is 0.258. The highest BCUT2D eigenvalue weighted by Crippen LogP contribution is 2.53. The third kappa shape index (κ3) is 1.77. The van der Waals surface area contributed by atoms with Gasteiger partial charge in [0.25, 0.3) is 0 Å². The Kier molecular flexibility index (Phi) is 3.01. The van der Waals surface area contributed by atoms with Gasteiger partial charge >= 0.3 is 0 Å². The average molecular weight is 290 g/mol. The largest absolute Gasteiger partial charge is 0.504 e.